The normalized spacial score (nSPS) is 10.1. The quantitative estimate of drug-likeness (QED) is 0.890. The summed E-state index contributed by atoms with van der Waals surface area (Å²) in [6, 6.07) is 12.5. The number of carbonyl (C=O) groups is 1. The standard InChI is InChI=1S/C15H14O3/c1-10-3-7-13(8-4-10)18-14-9-12(15(16)17)6-5-11(14)2/h3-9H,1-2H3,(H,16,17). The van der Waals surface area contributed by atoms with Crippen molar-refractivity contribution in [2.24, 2.45) is 0 Å². The van der Waals surface area contributed by atoms with E-state index in [1.165, 1.54) is 6.07 Å². The first kappa shape index (κ1) is 12.2. The minimum absolute atomic E-state index is 0.225. The summed E-state index contributed by atoms with van der Waals surface area (Å²) in [7, 11) is 0. The Hall–Kier alpha value is -2.29. The zero-order valence-corrected chi connectivity index (χ0v) is 10.3. The van der Waals surface area contributed by atoms with Crippen molar-refractivity contribution in [3.05, 3.63) is 59.2 Å². The third kappa shape index (κ3) is 2.69. The summed E-state index contributed by atoms with van der Waals surface area (Å²) in [6.07, 6.45) is 0. The molecular weight excluding hydrogens is 228 g/mol. The van der Waals surface area contributed by atoms with Gasteiger partial charge in [-0.3, -0.25) is 0 Å². The van der Waals surface area contributed by atoms with Crippen molar-refractivity contribution in [2.75, 3.05) is 0 Å². The van der Waals surface area contributed by atoms with Gasteiger partial charge >= 0.3 is 5.97 Å². The number of benzene rings is 2. The zero-order chi connectivity index (χ0) is 13.1. The molecule has 3 nitrogen and oxygen atoms in total. The maximum atomic E-state index is 10.9. The predicted molar refractivity (Wildman–Crippen MR) is 69.4 cm³/mol. The summed E-state index contributed by atoms with van der Waals surface area (Å²) in [5, 5.41) is 8.95. The van der Waals surface area contributed by atoms with Crippen molar-refractivity contribution < 1.29 is 14.6 Å². The molecule has 3 heteroatoms. The molecule has 0 aliphatic rings. The summed E-state index contributed by atoms with van der Waals surface area (Å²) in [5.41, 5.74) is 2.28. The summed E-state index contributed by atoms with van der Waals surface area (Å²) in [5.74, 6) is 0.314. The van der Waals surface area contributed by atoms with Gasteiger partial charge in [0.25, 0.3) is 0 Å². The zero-order valence-electron chi connectivity index (χ0n) is 10.3. The van der Waals surface area contributed by atoms with Crippen LogP contribution >= 0.6 is 0 Å². The van der Waals surface area contributed by atoms with Crippen LogP contribution in [0.3, 0.4) is 0 Å². The Morgan fingerprint density at radius 1 is 1.06 bits per heavy atom. The van der Waals surface area contributed by atoms with Gasteiger partial charge in [-0.15, -0.1) is 0 Å². The molecule has 0 radical (unpaired) electrons. The molecule has 0 amide bonds. The molecule has 0 aliphatic carbocycles. The van der Waals surface area contributed by atoms with E-state index >= 15 is 0 Å². The van der Waals surface area contributed by atoms with E-state index in [0.29, 0.717) is 11.5 Å². The molecule has 0 heterocycles. The molecule has 0 saturated carbocycles. The summed E-state index contributed by atoms with van der Waals surface area (Å²) in [6.45, 7) is 3.88. The first-order chi connectivity index (χ1) is 8.56. The predicted octanol–water partition coefficient (Wildman–Crippen LogP) is 3.79. The molecule has 2 aromatic carbocycles. The van der Waals surface area contributed by atoms with Gasteiger partial charge in [0.05, 0.1) is 5.56 Å². The van der Waals surface area contributed by atoms with E-state index in [2.05, 4.69) is 0 Å². The van der Waals surface area contributed by atoms with Crippen LogP contribution in [0.5, 0.6) is 11.5 Å². The van der Waals surface area contributed by atoms with E-state index in [1.54, 1.807) is 12.1 Å². The van der Waals surface area contributed by atoms with Gasteiger partial charge in [-0.25, -0.2) is 4.79 Å². The first-order valence-corrected chi connectivity index (χ1v) is 5.65. The van der Waals surface area contributed by atoms with E-state index in [-0.39, 0.29) is 5.56 Å². The van der Waals surface area contributed by atoms with Crippen LogP contribution in [-0.4, -0.2) is 11.1 Å². The highest BCUT2D eigenvalue weighted by molar-refractivity contribution is 5.88. The van der Waals surface area contributed by atoms with Crippen molar-refractivity contribution in [3.8, 4) is 11.5 Å². The fourth-order valence-corrected chi connectivity index (χ4v) is 1.58. The largest absolute Gasteiger partial charge is 0.478 e. The topological polar surface area (TPSA) is 46.5 Å². The minimum Gasteiger partial charge on any atom is -0.478 e. The number of aromatic carboxylic acids is 1. The number of hydrogen-bond donors (Lipinski definition) is 1. The SMILES string of the molecule is Cc1ccc(Oc2cc(C(=O)O)ccc2C)cc1. The van der Waals surface area contributed by atoms with Crippen molar-refractivity contribution in [2.45, 2.75) is 13.8 Å². The van der Waals surface area contributed by atoms with Crippen LogP contribution in [-0.2, 0) is 0 Å². The van der Waals surface area contributed by atoms with Crippen LogP contribution in [0.4, 0.5) is 0 Å². The molecule has 92 valence electrons. The lowest BCUT2D eigenvalue weighted by Gasteiger charge is -2.09. The van der Waals surface area contributed by atoms with Gasteiger partial charge in [-0.1, -0.05) is 23.8 Å². The lowest BCUT2D eigenvalue weighted by Crippen LogP contribution is -1.97. The van der Waals surface area contributed by atoms with Crippen LogP contribution in [0.15, 0.2) is 42.5 Å². The lowest BCUT2D eigenvalue weighted by atomic mass is 10.1. The molecule has 2 aromatic rings. The molecule has 0 unspecified atom stereocenters. The average molecular weight is 242 g/mol. The maximum Gasteiger partial charge on any atom is 0.335 e. The van der Waals surface area contributed by atoms with E-state index in [0.717, 1.165) is 11.1 Å². The third-order valence-corrected chi connectivity index (χ3v) is 2.68. The molecule has 0 aliphatic heterocycles. The van der Waals surface area contributed by atoms with Gasteiger partial charge in [0.1, 0.15) is 11.5 Å². The highest BCUT2D eigenvalue weighted by atomic mass is 16.5. The van der Waals surface area contributed by atoms with Gasteiger partial charge in [-0.05, 0) is 43.7 Å². The Morgan fingerprint density at radius 3 is 2.33 bits per heavy atom. The smallest absolute Gasteiger partial charge is 0.335 e. The van der Waals surface area contributed by atoms with Crippen molar-refractivity contribution >= 4 is 5.97 Å². The van der Waals surface area contributed by atoms with E-state index in [1.807, 2.05) is 38.1 Å². The lowest BCUT2D eigenvalue weighted by molar-refractivity contribution is 0.0696. The molecule has 18 heavy (non-hydrogen) atoms. The molecule has 0 spiro atoms. The van der Waals surface area contributed by atoms with E-state index in [9.17, 15) is 4.79 Å². The Kier molecular flexibility index (Phi) is 3.33. The van der Waals surface area contributed by atoms with Crippen molar-refractivity contribution in [1.82, 2.24) is 0 Å². The Morgan fingerprint density at radius 2 is 1.72 bits per heavy atom. The number of hydrogen-bond acceptors (Lipinski definition) is 2. The van der Waals surface area contributed by atoms with E-state index in [4.69, 9.17) is 9.84 Å². The number of carboxylic acids is 1. The molecule has 0 fully saturated rings. The monoisotopic (exact) mass is 242 g/mol. The van der Waals surface area contributed by atoms with Gasteiger partial charge in [0, 0.05) is 0 Å². The first-order valence-electron chi connectivity index (χ1n) is 5.65. The fraction of sp³-hybridized carbons (Fsp3) is 0.133. The average Bonchev–Trinajstić information content (AvgIpc) is 2.34. The Labute approximate surface area is 106 Å². The van der Waals surface area contributed by atoms with Gasteiger partial charge in [0.2, 0.25) is 0 Å². The molecule has 2 rings (SSSR count). The Bertz CT molecular complexity index is 571. The van der Waals surface area contributed by atoms with Crippen molar-refractivity contribution in [3.63, 3.8) is 0 Å². The highest BCUT2D eigenvalue weighted by Crippen LogP contribution is 2.26. The number of ether oxygens (including phenoxy) is 1. The number of aryl methyl sites for hydroxylation is 2. The van der Waals surface area contributed by atoms with Gasteiger partial charge in [-0.2, -0.15) is 0 Å². The minimum atomic E-state index is -0.955. The molecule has 0 atom stereocenters. The van der Waals surface area contributed by atoms with Crippen LogP contribution in [0.2, 0.25) is 0 Å². The molecular formula is C15H14O3. The maximum absolute atomic E-state index is 10.9. The third-order valence-electron chi connectivity index (χ3n) is 2.68. The molecule has 0 aromatic heterocycles. The van der Waals surface area contributed by atoms with Crippen LogP contribution in [0.1, 0.15) is 21.5 Å². The summed E-state index contributed by atoms with van der Waals surface area (Å²) >= 11 is 0. The fourth-order valence-electron chi connectivity index (χ4n) is 1.58. The van der Waals surface area contributed by atoms with Crippen LogP contribution in [0, 0.1) is 13.8 Å². The molecule has 0 saturated heterocycles. The van der Waals surface area contributed by atoms with Gasteiger partial charge in [0.15, 0.2) is 0 Å². The van der Waals surface area contributed by atoms with Gasteiger partial charge < -0.3 is 9.84 Å². The summed E-state index contributed by atoms with van der Waals surface area (Å²) < 4.78 is 5.69. The molecule has 0 bridgehead atoms. The van der Waals surface area contributed by atoms with Crippen molar-refractivity contribution in [1.29, 1.82) is 0 Å². The van der Waals surface area contributed by atoms with Crippen LogP contribution in [0.25, 0.3) is 0 Å². The summed E-state index contributed by atoms with van der Waals surface area (Å²) in [4.78, 5) is 10.9. The Balaban J connectivity index is 2.30. The van der Waals surface area contributed by atoms with E-state index < -0.39 is 5.97 Å². The second-order valence-electron chi connectivity index (χ2n) is 4.20. The number of carboxylic acid groups (broad SMARTS) is 1. The second kappa shape index (κ2) is 4.92. The second-order valence-corrected chi connectivity index (χ2v) is 4.20. The highest BCUT2D eigenvalue weighted by Gasteiger charge is 2.07. The number of rotatable bonds is 3. The van der Waals surface area contributed by atoms with Crippen LogP contribution < -0.4 is 4.74 Å². The molecule has 1 N–H and O–H groups in total.